The fourth-order valence-electron chi connectivity index (χ4n) is 4.45. The highest BCUT2D eigenvalue weighted by molar-refractivity contribution is 5.79. The second-order valence-corrected chi connectivity index (χ2v) is 9.43. The summed E-state index contributed by atoms with van der Waals surface area (Å²) in [5.41, 5.74) is 1.12. The second-order valence-electron chi connectivity index (χ2n) is 9.43. The maximum Gasteiger partial charge on any atom is 0.229 e. The van der Waals surface area contributed by atoms with E-state index in [1.165, 1.54) is 6.08 Å². The highest BCUT2D eigenvalue weighted by atomic mass is 19.1. The zero-order chi connectivity index (χ0) is 26.5. The summed E-state index contributed by atoms with van der Waals surface area (Å²) in [6, 6.07) is 3.66. The Balaban J connectivity index is 1.51. The van der Waals surface area contributed by atoms with Gasteiger partial charge in [0.2, 0.25) is 5.95 Å². The van der Waals surface area contributed by atoms with Gasteiger partial charge in [0.1, 0.15) is 23.0 Å². The van der Waals surface area contributed by atoms with E-state index in [1.54, 1.807) is 37.5 Å². The van der Waals surface area contributed by atoms with Crippen molar-refractivity contribution in [1.82, 2.24) is 29.8 Å². The molecule has 1 aliphatic heterocycles. The first-order valence-corrected chi connectivity index (χ1v) is 12.5. The highest BCUT2D eigenvalue weighted by Gasteiger charge is 2.23. The molecule has 1 atom stereocenters. The number of nitrogens with zero attached hydrogens (tertiary/aromatic N) is 5. The molecule has 0 radical (unpaired) electrons. The van der Waals surface area contributed by atoms with Gasteiger partial charge in [-0.15, -0.1) is 0 Å². The third-order valence-corrected chi connectivity index (χ3v) is 6.53. The molecule has 4 heterocycles. The number of allylic oxidation sites excluding steroid dienone is 3. The number of nitrogens with one attached hydrogen (secondary N) is 2. The largest absolute Gasteiger partial charge is 0.388 e. The molecule has 3 aromatic heterocycles. The SMILES string of the molecule is C/C=C(\C=C(\F)c1cn(C(C)C)c(C)n1)c1nc(Nc2ccc(C(O)C3CCNCC3)cn2)ncc1F. The fraction of sp³-hybridized carbons (Fsp3) is 0.407. The van der Waals surface area contributed by atoms with Crippen LogP contribution < -0.4 is 10.6 Å². The van der Waals surface area contributed by atoms with Crippen LogP contribution in [0.1, 0.15) is 68.5 Å². The van der Waals surface area contributed by atoms with Crippen molar-refractivity contribution < 1.29 is 13.9 Å². The van der Waals surface area contributed by atoms with Gasteiger partial charge in [0, 0.05) is 24.0 Å². The van der Waals surface area contributed by atoms with Crippen molar-refractivity contribution in [3.05, 3.63) is 71.5 Å². The van der Waals surface area contributed by atoms with Crippen LogP contribution in [0.4, 0.5) is 20.5 Å². The van der Waals surface area contributed by atoms with Gasteiger partial charge in [0.05, 0.1) is 12.3 Å². The van der Waals surface area contributed by atoms with Gasteiger partial charge in [-0.3, -0.25) is 0 Å². The van der Waals surface area contributed by atoms with E-state index in [1.807, 2.05) is 25.3 Å². The molecule has 0 aromatic carbocycles. The van der Waals surface area contributed by atoms with E-state index in [0.717, 1.165) is 37.7 Å². The van der Waals surface area contributed by atoms with E-state index in [0.29, 0.717) is 11.6 Å². The minimum absolute atomic E-state index is 0.0480. The van der Waals surface area contributed by atoms with Crippen LogP contribution in [0.3, 0.4) is 0 Å². The summed E-state index contributed by atoms with van der Waals surface area (Å²) in [7, 11) is 0. The number of aromatic nitrogens is 5. The van der Waals surface area contributed by atoms with Crippen LogP contribution in [-0.4, -0.2) is 42.7 Å². The molecule has 196 valence electrons. The number of halogens is 2. The molecule has 1 fully saturated rings. The Hall–Kier alpha value is -3.50. The van der Waals surface area contributed by atoms with Gasteiger partial charge in [-0.2, -0.15) is 0 Å². The zero-order valence-corrected chi connectivity index (χ0v) is 21.5. The molecule has 4 rings (SSSR count). The summed E-state index contributed by atoms with van der Waals surface area (Å²) in [6.07, 6.45) is 8.34. The topological polar surface area (TPSA) is 101 Å². The predicted octanol–water partition coefficient (Wildman–Crippen LogP) is 5.29. The van der Waals surface area contributed by atoms with Crippen molar-refractivity contribution >= 4 is 23.2 Å². The summed E-state index contributed by atoms with van der Waals surface area (Å²) < 4.78 is 31.6. The average Bonchev–Trinajstić information content (AvgIpc) is 3.31. The minimum atomic E-state index is -0.681. The molecular weight excluding hydrogens is 476 g/mol. The van der Waals surface area contributed by atoms with Gasteiger partial charge in [0.15, 0.2) is 11.6 Å². The lowest BCUT2D eigenvalue weighted by atomic mass is 9.89. The Morgan fingerprint density at radius 3 is 2.57 bits per heavy atom. The Morgan fingerprint density at radius 1 is 1.19 bits per heavy atom. The van der Waals surface area contributed by atoms with Crippen molar-refractivity contribution in [2.45, 2.75) is 52.7 Å². The molecule has 1 aliphatic rings. The maximum absolute atomic E-state index is 15.1. The summed E-state index contributed by atoms with van der Waals surface area (Å²) in [4.78, 5) is 16.9. The van der Waals surface area contributed by atoms with E-state index >= 15 is 4.39 Å². The van der Waals surface area contributed by atoms with Crippen LogP contribution >= 0.6 is 0 Å². The second kappa shape index (κ2) is 11.7. The van der Waals surface area contributed by atoms with Crippen LogP contribution in [0.15, 0.2) is 42.9 Å². The summed E-state index contributed by atoms with van der Waals surface area (Å²) >= 11 is 0. The molecule has 1 unspecified atom stereocenters. The molecule has 0 bridgehead atoms. The summed E-state index contributed by atoms with van der Waals surface area (Å²) in [5.74, 6) is 0.172. The lowest BCUT2D eigenvalue weighted by Crippen LogP contribution is -2.30. The number of aliphatic hydroxyl groups is 1. The summed E-state index contributed by atoms with van der Waals surface area (Å²) in [5, 5.41) is 16.9. The number of aliphatic hydroxyl groups excluding tert-OH is 1. The van der Waals surface area contributed by atoms with Gasteiger partial charge in [-0.25, -0.2) is 28.7 Å². The van der Waals surface area contributed by atoms with Crippen LogP contribution in [0, 0.1) is 18.7 Å². The van der Waals surface area contributed by atoms with Crippen LogP contribution in [0.25, 0.3) is 11.4 Å². The quantitative estimate of drug-likeness (QED) is 0.355. The van der Waals surface area contributed by atoms with E-state index in [-0.39, 0.29) is 34.9 Å². The first-order valence-electron chi connectivity index (χ1n) is 12.5. The zero-order valence-electron chi connectivity index (χ0n) is 21.5. The van der Waals surface area contributed by atoms with Crippen molar-refractivity contribution in [2.24, 2.45) is 5.92 Å². The number of piperidine rings is 1. The van der Waals surface area contributed by atoms with Crippen LogP contribution in [0.2, 0.25) is 0 Å². The van der Waals surface area contributed by atoms with Crippen molar-refractivity contribution in [3.8, 4) is 0 Å². The molecule has 37 heavy (non-hydrogen) atoms. The molecule has 0 saturated carbocycles. The number of hydrogen-bond acceptors (Lipinski definition) is 7. The van der Waals surface area contributed by atoms with Crippen molar-refractivity contribution in [1.29, 1.82) is 0 Å². The lowest BCUT2D eigenvalue weighted by Gasteiger charge is -2.27. The van der Waals surface area contributed by atoms with E-state index in [2.05, 4.69) is 30.6 Å². The van der Waals surface area contributed by atoms with E-state index < -0.39 is 17.7 Å². The number of imidazole rings is 1. The number of anilines is 2. The molecule has 8 nitrogen and oxygen atoms in total. The van der Waals surface area contributed by atoms with Gasteiger partial charge < -0.3 is 20.3 Å². The van der Waals surface area contributed by atoms with Gasteiger partial charge in [0.25, 0.3) is 0 Å². The predicted molar refractivity (Wildman–Crippen MR) is 140 cm³/mol. The van der Waals surface area contributed by atoms with Gasteiger partial charge in [-0.1, -0.05) is 12.1 Å². The van der Waals surface area contributed by atoms with Crippen molar-refractivity contribution in [3.63, 3.8) is 0 Å². The lowest BCUT2D eigenvalue weighted by molar-refractivity contribution is 0.0886. The van der Waals surface area contributed by atoms with Gasteiger partial charge in [-0.05, 0) is 77.2 Å². The van der Waals surface area contributed by atoms with Crippen molar-refractivity contribution in [2.75, 3.05) is 18.4 Å². The first-order chi connectivity index (χ1) is 17.8. The Bertz CT molecular complexity index is 1280. The third kappa shape index (κ3) is 6.26. The molecule has 3 aromatic rings. The summed E-state index contributed by atoms with van der Waals surface area (Å²) in [6.45, 7) is 9.26. The van der Waals surface area contributed by atoms with E-state index in [9.17, 15) is 9.50 Å². The molecule has 1 saturated heterocycles. The Labute approximate surface area is 215 Å². The molecule has 0 amide bonds. The molecule has 10 heteroatoms. The Kier molecular flexibility index (Phi) is 8.40. The number of pyridine rings is 1. The number of hydrogen-bond donors (Lipinski definition) is 3. The number of rotatable bonds is 8. The molecule has 0 spiro atoms. The first kappa shape index (κ1) is 26.6. The minimum Gasteiger partial charge on any atom is -0.388 e. The fourth-order valence-corrected chi connectivity index (χ4v) is 4.45. The third-order valence-electron chi connectivity index (χ3n) is 6.53. The van der Waals surface area contributed by atoms with Crippen LogP contribution in [0.5, 0.6) is 0 Å². The molecular formula is C27H33F2N7O. The average molecular weight is 510 g/mol. The van der Waals surface area contributed by atoms with Gasteiger partial charge >= 0.3 is 0 Å². The number of aryl methyl sites for hydroxylation is 1. The van der Waals surface area contributed by atoms with E-state index in [4.69, 9.17) is 0 Å². The maximum atomic E-state index is 15.1. The highest BCUT2D eigenvalue weighted by Crippen LogP contribution is 2.29. The molecule has 3 N–H and O–H groups in total. The standard InChI is InChI=1S/C27H33F2N7O/c1-5-18(12-21(28)23-15-36(16(2)3)17(4)33-23)25-22(29)14-32-27(35-25)34-24-7-6-20(13-31-24)26(37)19-8-10-30-11-9-19/h5-7,12-16,19,26,30,37H,8-11H2,1-4H3,(H,31,32,34,35)/b18-5+,21-12+. The van der Waals surface area contributed by atoms with Crippen LogP contribution in [-0.2, 0) is 0 Å². The monoisotopic (exact) mass is 509 g/mol. The normalized spacial score (nSPS) is 16.3. The smallest absolute Gasteiger partial charge is 0.229 e. The Morgan fingerprint density at radius 2 is 1.95 bits per heavy atom. The molecule has 0 aliphatic carbocycles.